The fourth-order valence-electron chi connectivity index (χ4n) is 3.45. The van der Waals surface area contributed by atoms with Crippen LogP contribution in [0.5, 0.6) is 11.5 Å². The van der Waals surface area contributed by atoms with Crippen LogP contribution in [0.2, 0.25) is 0 Å². The van der Waals surface area contributed by atoms with Gasteiger partial charge in [-0.1, -0.05) is 51.1 Å². The van der Waals surface area contributed by atoms with Gasteiger partial charge in [0.05, 0.1) is 5.69 Å². The topological polar surface area (TPSA) is 105 Å². The summed E-state index contributed by atoms with van der Waals surface area (Å²) in [4.78, 5) is 12.7. The normalized spacial score (nSPS) is 11.1. The van der Waals surface area contributed by atoms with Crippen LogP contribution in [0.25, 0.3) is 11.1 Å². The summed E-state index contributed by atoms with van der Waals surface area (Å²) >= 11 is 0. The molecule has 3 aromatic carbocycles. The van der Waals surface area contributed by atoms with Gasteiger partial charge >= 0.3 is 6.03 Å². The summed E-state index contributed by atoms with van der Waals surface area (Å²) in [6, 6.07) is 23.8. The number of nitrogen functional groups attached to an aromatic ring is 1. The van der Waals surface area contributed by atoms with Gasteiger partial charge in [0.15, 0.2) is 5.82 Å². The lowest BCUT2D eigenvalue weighted by molar-refractivity contribution is 0.262. The standard InChI is InChI=1S/C26H27N5O2/c1-26(2,3)23-22(17-8-7-9-18(27)16-17)24(31-30-23)29-25(32)28-19-12-14-21(15-13-19)33-20-10-5-4-6-11-20/h4-16H,27H2,1-3H3,(H3,28,29,30,31,32). The predicted octanol–water partition coefficient (Wildman–Crippen LogP) is 6.39. The Morgan fingerprint density at radius 1 is 0.909 bits per heavy atom. The number of ether oxygens (including phenoxy) is 1. The monoisotopic (exact) mass is 441 g/mol. The first-order valence-corrected chi connectivity index (χ1v) is 10.7. The number of H-pyrrole nitrogens is 1. The molecule has 0 spiro atoms. The van der Waals surface area contributed by atoms with Crippen LogP contribution in [0.15, 0.2) is 78.9 Å². The molecule has 0 fully saturated rings. The van der Waals surface area contributed by atoms with E-state index in [1.165, 1.54) is 0 Å². The van der Waals surface area contributed by atoms with Gasteiger partial charge in [0.2, 0.25) is 0 Å². The van der Waals surface area contributed by atoms with E-state index in [4.69, 9.17) is 10.5 Å². The van der Waals surface area contributed by atoms with Crippen LogP contribution in [0.3, 0.4) is 0 Å². The Morgan fingerprint density at radius 2 is 1.61 bits per heavy atom. The number of nitrogens with one attached hydrogen (secondary N) is 3. The van der Waals surface area contributed by atoms with E-state index in [9.17, 15) is 4.79 Å². The molecule has 4 aromatic rings. The molecule has 0 aliphatic heterocycles. The lowest BCUT2D eigenvalue weighted by Crippen LogP contribution is -2.20. The average Bonchev–Trinajstić information content (AvgIpc) is 3.20. The molecule has 7 nitrogen and oxygen atoms in total. The highest BCUT2D eigenvalue weighted by Gasteiger charge is 2.25. The minimum atomic E-state index is -0.399. The predicted molar refractivity (Wildman–Crippen MR) is 133 cm³/mol. The first-order chi connectivity index (χ1) is 15.8. The van der Waals surface area contributed by atoms with Crippen LogP contribution < -0.4 is 21.1 Å². The van der Waals surface area contributed by atoms with Crippen molar-refractivity contribution in [2.75, 3.05) is 16.4 Å². The largest absolute Gasteiger partial charge is 0.457 e. The maximum atomic E-state index is 12.7. The second-order valence-corrected chi connectivity index (χ2v) is 8.72. The third kappa shape index (κ3) is 5.33. The van der Waals surface area contributed by atoms with Gasteiger partial charge in [0.25, 0.3) is 0 Å². The van der Waals surface area contributed by atoms with Crippen LogP contribution in [0, 0.1) is 0 Å². The van der Waals surface area contributed by atoms with Crippen LogP contribution in [0.4, 0.5) is 22.0 Å². The Balaban J connectivity index is 1.50. The molecular formula is C26H27N5O2. The van der Waals surface area contributed by atoms with Crippen molar-refractivity contribution in [2.45, 2.75) is 26.2 Å². The van der Waals surface area contributed by atoms with Crippen molar-refractivity contribution in [1.29, 1.82) is 0 Å². The van der Waals surface area contributed by atoms with E-state index in [0.29, 0.717) is 22.9 Å². The Bertz CT molecular complexity index is 1240. The number of para-hydroxylation sites is 1. The first-order valence-electron chi connectivity index (χ1n) is 10.7. The molecule has 0 saturated carbocycles. The van der Waals surface area contributed by atoms with Crippen molar-refractivity contribution < 1.29 is 9.53 Å². The molecule has 1 aromatic heterocycles. The highest BCUT2D eigenvalue weighted by molar-refractivity contribution is 6.02. The van der Waals surface area contributed by atoms with Crippen LogP contribution in [0.1, 0.15) is 26.5 Å². The minimum absolute atomic E-state index is 0.210. The second kappa shape index (κ2) is 9.08. The fourth-order valence-corrected chi connectivity index (χ4v) is 3.45. The highest BCUT2D eigenvalue weighted by atomic mass is 16.5. The molecular weight excluding hydrogens is 414 g/mol. The number of nitrogens with zero attached hydrogens (tertiary/aromatic N) is 1. The molecule has 0 aliphatic rings. The Morgan fingerprint density at radius 3 is 2.27 bits per heavy atom. The highest BCUT2D eigenvalue weighted by Crippen LogP contribution is 2.37. The summed E-state index contributed by atoms with van der Waals surface area (Å²) in [7, 11) is 0. The number of amides is 2. The molecule has 1 heterocycles. The molecule has 0 radical (unpaired) electrons. The van der Waals surface area contributed by atoms with Gasteiger partial charge in [0, 0.05) is 22.4 Å². The zero-order chi connectivity index (χ0) is 23.4. The minimum Gasteiger partial charge on any atom is -0.457 e. The third-order valence-corrected chi connectivity index (χ3v) is 5.01. The van der Waals surface area contributed by atoms with Crippen molar-refractivity contribution in [3.63, 3.8) is 0 Å². The zero-order valence-corrected chi connectivity index (χ0v) is 18.8. The summed E-state index contributed by atoms with van der Waals surface area (Å²) in [5, 5.41) is 13.2. The summed E-state index contributed by atoms with van der Waals surface area (Å²) in [6.45, 7) is 6.25. The van der Waals surface area contributed by atoms with E-state index in [1.54, 1.807) is 24.3 Å². The van der Waals surface area contributed by atoms with Gasteiger partial charge in [-0.25, -0.2) is 4.79 Å². The molecule has 33 heavy (non-hydrogen) atoms. The SMILES string of the molecule is CC(C)(C)c1[nH]nc(NC(=O)Nc2ccc(Oc3ccccc3)cc2)c1-c1cccc(N)c1. The van der Waals surface area contributed by atoms with Crippen LogP contribution in [-0.4, -0.2) is 16.2 Å². The van der Waals surface area contributed by atoms with E-state index in [2.05, 4.69) is 41.6 Å². The second-order valence-electron chi connectivity index (χ2n) is 8.72. The molecule has 0 saturated heterocycles. The molecule has 0 bridgehead atoms. The lowest BCUT2D eigenvalue weighted by atomic mass is 9.87. The number of nitrogens with two attached hydrogens (primary N) is 1. The van der Waals surface area contributed by atoms with Crippen molar-refractivity contribution in [1.82, 2.24) is 10.2 Å². The van der Waals surface area contributed by atoms with Gasteiger partial charge in [-0.3, -0.25) is 10.4 Å². The number of anilines is 3. The zero-order valence-electron chi connectivity index (χ0n) is 18.8. The number of urea groups is 1. The molecule has 5 N–H and O–H groups in total. The smallest absolute Gasteiger partial charge is 0.324 e. The maximum absolute atomic E-state index is 12.7. The van der Waals surface area contributed by atoms with Gasteiger partial charge < -0.3 is 15.8 Å². The number of hydrogen-bond donors (Lipinski definition) is 4. The van der Waals surface area contributed by atoms with E-state index >= 15 is 0 Å². The van der Waals surface area contributed by atoms with E-state index in [-0.39, 0.29) is 5.41 Å². The number of hydrogen-bond acceptors (Lipinski definition) is 4. The summed E-state index contributed by atoms with van der Waals surface area (Å²) in [5.41, 5.74) is 9.66. The van der Waals surface area contributed by atoms with Crippen molar-refractivity contribution in [3.8, 4) is 22.6 Å². The van der Waals surface area contributed by atoms with Crippen molar-refractivity contribution in [2.24, 2.45) is 0 Å². The summed E-state index contributed by atoms with van der Waals surface area (Å²) in [5.74, 6) is 1.86. The molecule has 2 amide bonds. The molecule has 4 rings (SSSR count). The average molecular weight is 442 g/mol. The Kier molecular flexibility index (Phi) is 6.04. The van der Waals surface area contributed by atoms with Gasteiger partial charge in [-0.15, -0.1) is 0 Å². The van der Waals surface area contributed by atoms with Gasteiger partial charge in [-0.05, 0) is 54.1 Å². The molecule has 168 valence electrons. The Hall–Kier alpha value is -4.26. The third-order valence-electron chi connectivity index (χ3n) is 5.01. The summed E-state index contributed by atoms with van der Waals surface area (Å²) < 4.78 is 5.79. The number of benzene rings is 3. The Labute approximate surface area is 193 Å². The molecule has 7 heteroatoms. The first kappa shape index (κ1) is 22.0. The maximum Gasteiger partial charge on any atom is 0.324 e. The fraction of sp³-hybridized carbons (Fsp3) is 0.154. The van der Waals surface area contributed by atoms with Crippen LogP contribution >= 0.6 is 0 Å². The number of carbonyl (C=O) groups is 1. The van der Waals surface area contributed by atoms with Gasteiger partial charge in [0.1, 0.15) is 11.5 Å². The van der Waals surface area contributed by atoms with Crippen molar-refractivity contribution >= 4 is 23.2 Å². The van der Waals surface area contributed by atoms with E-state index < -0.39 is 6.03 Å². The summed E-state index contributed by atoms with van der Waals surface area (Å²) in [6.07, 6.45) is 0. The number of carbonyl (C=O) groups excluding carboxylic acids is 1. The van der Waals surface area contributed by atoms with Crippen molar-refractivity contribution in [3.05, 3.63) is 84.6 Å². The molecule has 0 unspecified atom stereocenters. The molecule has 0 aliphatic carbocycles. The number of aromatic nitrogens is 2. The van der Waals surface area contributed by atoms with Crippen LogP contribution in [-0.2, 0) is 5.41 Å². The number of rotatable bonds is 5. The van der Waals surface area contributed by atoms with E-state index in [0.717, 1.165) is 22.6 Å². The quantitative estimate of drug-likeness (QED) is 0.269. The number of aromatic amines is 1. The lowest BCUT2D eigenvalue weighted by Gasteiger charge is -2.19. The van der Waals surface area contributed by atoms with Gasteiger partial charge in [-0.2, -0.15) is 5.10 Å². The molecule has 0 atom stereocenters. The van der Waals surface area contributed by atoms with E-state index in [1.807, 2.05) is 54.6 Å².